The molecule has 6 nitrogen and oxygen atoms in total. The molecule has 0 aliphatic heterocycles. The molecule has 1 aliphatic carbocycles. The van der Waals surface area contributed by atoms with Crippen LogP contribution in [0.15, 0.2) is 0 Å². The number of carboxylic acids is 1. The molecular formula is C9H15NO5. The Labute approximate surface area is 87.3 Å². The van der Waals surface area contributed by atoms with Crippen molar-refractivity contribution in [2.24, 2.45) is 11.8 Å². The maximum atomic E-state index is 10.3. The van der Waals surface area contributed by atoms with Crippen LogP contribution in [0.2, 0.25) is 0 Å². The molecule has 1 saturated carbocycles. The lowest BCUT2D eigenvalue weighted by atomic mass is 9.98. The molecule has 15 heavy (non-hydrogen) atoms. The van der Waals surface area contributed by atoms with E-state index in [2.05, 4.69) is 4.84 Å². The summed E-state index contributed by atoms with van der Waals surface area (Å²) in [7, 11) is 0. The fourth-order valence-corrected chi connectivity index (χ4v) is 1.69. The first-order valence-corrected chi connectivity index (χ1v) is 5.08. The van der Waals surface area contributed by atoms with Crippen LogP contribution >= 0.6 is 0 Å². The third-order valence-corrected chi connectivity index (χ3v) is 2.65. The van der Waals surface area contributed by atoms with Crippen LogP contribution in [-0.4, -0.2) is 22.8 Å². The van der Waals surface area contributed by atoms with E-state index in [1.807, 2.05) is 0 Å². The molecule has 0 saturated heterocycles. The number of hydrogen-bond donors (Lipinski definition) is 1. The molecule has 0 heterocycles. The van der Waals surface area contributed by atoms with Crippen molar-refractivity contribution in [2.45, 2.75) is 32.1 Å². The number of hydrogen-bond acceptors (Lipinski definition) is 4. The van der Waals surface area contributed by atoms with Crippen LogP contribution in [0, 0.1) is 22.0 Å². The van der Waals surface area contributed by atoms with Crippen molar-refractivity contribution >= 4 is 5.97 Å². The Balaban J connectivity index is 2.18. The molecule has 0 radical (unpaired) electrons. The highest BCUT2D eigenvalue weighted by molar-refractivity contribution is 5.66. The Hall–Kier alpha value is -1.33. The van der Waals surface area contributed by atoms with E-state index in [0.717, 1.165) is 12.8 Å². The van der Waals surface area contributed by atoms with Gasteiger partial charge in [-0.1, -0.05) is 0 Å². The SMILES string of the molecule is O=C(O)CCCC(CO[N+](=O)[O-])C1CC1. The van der Waals surface area contributed by atoms with Gasteiger partial charge in [-0.25, -0.2) is 0 Å². The summed E-state index contributed by atoms with van der Waals surface area (Å²) in [5.74, 6) is -0.173. The Bertz CT molecular complexity index is 239. The number of nitrogens with zero attached hydrogens (tertiary/aromatic N) is 1. The minimum Gasteiger partial charge on any atom is -0.481 e. The fourth-order valence-electron chi connectivity index (χ4n) is 1.69. The first-order chi connectivity index (χ1) is 7.09. The van der Waals surface area contributed by atoms with E-state index >= 15 is 0 Å². The minimum atomic E-state index is -0.820. The molecule has 0 aromatic heterocycles. The molecule has 6 heteroatoms. The summed E-state index contributed by atoms with van der Waals surface area (Å²) >= 11 is 0. The topological polar surface area (TPSA) is 89.7 Å². The molecule has 0 aromatic carbocycles. The number of carbonyl (C=O) groups is 1. The first kappa shape index (κ1) is 11.7. The van der Waals surface area contributed by atoms with Crippen molar-refractivity contribution in [3.63, 3.8) is 0 Å². The van der Waals surface area contributed by atoms with Crippen molar-refractivity contribution in [1.82, 2.24) is 0 Å². The Kier molecular flexibility index (Phi) is 4.33. The maximum Gasteiger partial charge on any atom is 0.303 e. The normalized spacial score (nSPS) is 17.1. The second-order valence-electron chi connectivity index (χ2n) is 3.90. The molecule has 1 N–H and O–H groups in total. The minimum absolute atomic E-state index is 0.108. The molecule has 86 valence electrons. The smallest absolute Gasteiger partial charge is 0.303 e. The van der Waals surface area contributed by atoms with Gasteiger partial charge in [-0.3, -0.25) is 4.79 Å². The lowest BCUT2D eigenvalue weighted by Crippen LogP contribution is -2.15. The molecular weight excluding hydrogens is 202 g/mol. The second-order valence-corrected chi connectivity index (χ2v) is 3.90. The fraction of sp³-hybridized carbons (Fsp3) is 0.889. The van der Waals surface area contributed by atoms with Gasteiger partial charge < -0.3 is 9.94 Å². The van der Waals surface area contributed by atoms with E-state index in [4.69, 9.17) is 5.11 Å². The van der Waals surface area contributed by atoms with Gasteiger partial charge in [-0.15, -0.1) is 10.1 Å². The van der Waals surface area contributed by atoms with Crippen molar-refractivity contribution < 1.29 is 19.8 Å². The molecule has 0 spiro atoms. The van der Waals surface area contributed by atoms with Gasteiger partial charge in [-0.05, 0) is 37.5 Å². The van der Waals surface area contributed by atoms with Crippen molar-refractivity contribution in [1.29, 1.82) is 0 Å². The number of aliphatic carboxylic acids is 1. The zero-order valence-electron chi connectivity index (χ0n) is 8.42. The van der Waals surface area contributed by atoms with Gasteiger partial charge in [-0.2, -0.15) is 0 Å². The third-order valence-electron chi connectivity index (χ3n) is 2.65. The van der Waals surface area contributed by atoms with Crippen LogP contribution in [0.4, 0.5) is 0 Å². The van der Waals surface area contributed by atoms with Gasteiger partial charge in [0, 0.05) is 6.42 Å². The highest BCUT2D eigenvalue weighted by Crippen LogP contribution is 2.39. The van der Waals surface area contributed by atoms with Gasteiger partial charge in [0.15, 0.2) is 0 Å². The Morgan fingerprint density at radius 2 is 2.27 bits per heavy atom. The Morgan fingerprint density at radius 1 is 1.60 bits per heavy atom. The monoisotopic (exact) mass is 217 g/mol. The molecule has 1 aliphatic rings. The molecule has 0 amide bonds. The van der Waals surface area contributed by atoms with Gasteiger partial charge in [0.2, 0.25) is 0 Å². The second kappa shape index (κ2) is 5.53. The summed E-state index contributed by atoms with van der Waals surface area (Å²) in [6, 6.07) is 0. The molecule has 1 unspecified atom stereocenters. The van der Waals surface area contributed by atoms with Crippen LogP contribution in [0.5, 0.6) is 0 Å². The highest BCUT2D eigenvalue weighted by atomic mass is 16.9. The van der Waals surface area contributed by atoms with E-state index in [0.29, 0.717) is 18.8 Å². The Morgan fingerprint density at radius 3 is 2.73 bits per heavy atom. The molecule has 1 rings (SSSR count). The first-order valence-electron chi connectivity index (χ1n) is 5.08. The van der Waals surface area contributed by atoms with Crippen LogP contribution in [-0.2, 0) is 9.63 Å². The number of rotatable bonds is 8. The summed E-state index contributed by atoms with van der Waals surface area (Å²) in [6.45, 7) is 0.108. The molecule has 1 atom stereocenters. The highest BCUT2D eigenvalue weighted by Gasteiger charge is 2.31. The predicted molar refractivity (Wildman–Crippen MR) is 50.6 cm³/mol. The average molecular weight is 217 g/mol. The zero-order chi connectivity index (χ0) is 11.3. The lowest BCUT2D eigenvalue weighted by molar-refractivity contribution is -0.759. The van der Waals surface area contributed by atoms with Crippen LogP contribution in [0.3, 0.4) is 0 Å². The summed E-state index contributed by atoms with van der Waals surface area (Å²) in [6.07, 6.45) is 3.56. The largest absolute Gasteiger partial charge is 0.481 e. The summed E-state index contributed by atoms with van der Waals surface area (Å²) in [4.78, 5) is 24.6. The van der Waals surface area contributed by atoms with Gasteiger partial charge in [0.1, 0.15) is 0 Å². The summed E-state index contributed by atoms with van der Waals surface area (Å²) < 4.78 is 0. The van der Waals surface area contributed by atoms with Crippen molar-refractivity contribution in [3.05, 3.63) is 10.1 Å². The third kappa shape index (κ3) is 5.19. The summed E-state index contributed by atoms with van der Waals surface area (Å²) in [5.41, 5.74) is 0. The summed E-state index contributed by atoms with van der Waals surface area (Å²) in [5, 5.41) is 17.7. The zero-order valence-corrected chi connectivity index (χ0v) is 8.42. The maximum absolute atomic E-state index is 10.3. The van der Waals surface area contributed by atoms with E-state index in [9.17, 15) is 14.9 Å². The van der Waals surface area contributed by atoms with Crippen LogP contribution in [0.25, 0.3) is 0 Å². The standard InChI is InChI=1S/C9H15NO5/c11-9(12)3-1-2-8(7-4-5-7)6-15-10(13)14/h7-8H,1-6H2,(H,11,12). The van der Waals surface area contributed by atoms with Crippen LogP contribution < -0.4 is 0 Å². The molecule has 0 aromatic rings. The van der Waals surface area contributed by atoms with Gasteiger partial charge in [0.05, 0.1) is 6.61 Å². The predicted octanol–water partition coefficient (Wildman–Crippen LogP) is 1.48. The van der Waals surface area contributed by atoms with E-state index in [1.54, 1.807) is 0 Å². The van der Waals surface area contributed by atoms with Crippen LogP contribution in [0.1, 0.15) is 32.1 Å². The lowest BCUT2D eigenvalue weighted by Gasteiger charge is -2.13. The van der Waals surface area contributed by atoms with Crippen molar-refractivity contribution in [3.8, 4) is 0 Å². The van der Waals surface area contributed by atoms with Gasteiger partial charge in [0.25, 0.3) is 5.09 Å². The van der Waals surface area contributed by atoms with Gasteiger partial charge >= 0.3 is 5.97 Å². The van der Waals surface area contributed by atoms with E-state index in [-0.39, 0.29) is 18.9 Å². The van der Waals surface area contributed by atoms with E-state index in [1.165, 1.54) is 0 Å². The quantitative estimate of drug-likeness (QED) is 0.491. The van der Waals surface area contributed by atoms with E-state index < -0.39 is 11.1 Å². The molecule has 1 fully saturated rings. The average Bonchev–Trinajstić information content (AvgIpc) is 2.93. The van der Waals surface area contributed by atoms with Crippen molar-refractivity contribution in [2.75, 3.05) is 6.61 Å². The number of carboxylic acid groups (broad SMARTS) is 1. The molecule has 0 bridgehead atoms.